The molecule has 1 aromatic heterocycles. The molecule has 1 aromatic rings. The summed E-state index contributed by atoms with van der Waals surface area (Å²) in [7, 11) is 0. The Bertz CT molecular complexity index is 514. The molecule has 4 aliphatic rings. The lowest BCUT2D eigenvalue weighted by Gasteiger charge is -2.56. The van der Waals surface area contributed by atoms with Gasteiger partial charge in [0, 0.05) is 17.7 Å². The molecule has 0 N–H and O–H groups in total. The molecule has 5 rings (SSSR count). The van der Waals surface area contributed by atoms with Crippen LogP contribution in [0.5, 0.6) is 0 Å². The molecular weight excluding hydrogens is 234 g/mol. The van der Waals surface area contributed by atoms with Crippen molar-refractivity contribution in [1.29, 1.82) is 5.26 Å². The number of nitriles is 1. The van der Waals surface area contributed by atoms with E-state index in [0.29, 0.717) is 11.1 Å². The highest BCUT2D eigenvalue weighted by Gasteiger charge is 2.52. The van der Waals surface area contributed by atoms with E-state index in [-0.39, 0.29) is 0 Å². The summed E-state index contributed by atoms with van der Waals surface area (Å²) in [4.78, 5) is 0. The highest BCUT2D eigenvalue weighted by molar-refractivity contribution is 5.30. The second-order valence-corrected chi connectivity index (χ2v) is 7.04. The van der Waals surface area contributed by atoms with Crippen LogP contribution in [0.15, 0.2) is 6.07 Å². The third kappa shape index (κ3) is 1.59. The van der Waals surface area contributed by atoms with Gasteiger partial charge in [0.25, 0.3) is 0 Å². The largest absolute Gasteiger partial charge is 0.268 e. The molecule has 0 atom stereocenters. The molecule has 4 fully saturated rings. The second kappa shape index (κ2) is 3.85. The summed E-state index contributed by atoms with van der Waals surface area (Å²) in [6.07, 6.45) is 8.42. The zero-order valence-electron chi connectivity index (χ0n) is 11.6. The third-order valence-electron chi connectivity index (χ3n) is 5.78. The van der Waals surface area contributed by atoms with Crippen molar-refractivity contribution in [3.8, 4) is 6.07 Å². The Morgan fingerprint density at radius 1 is 1.26 bits per heavy atom. The molecule has 1 heterocycles. The first-order valence-electron chi connectivity index (χ1n) is 7.71. The van der Waals surface area contributed by atoms with E-state index in [2.05, 4.69) is 28.8 Å². The zero-order valence-corrected chi connectivity index (χ0v) is 11.6. The molecule has 0 radical (unpaired) electrons. The maximum Gasteiger partial charge on any atom is 0.162 e. The molecule has 0 saturated heterocycles. The Labute approximate surface area is 114 Å². The van der Waals surface area contributed by atoms with Crippen LogP contribution in [-0.2, 0) is 12.0 Å². The van der Waals surface area contributed by atoms with Gasteiger partial charge in [0.15, 0.2) is 5.69 Å². The van der Waals surface area contributed by atoms with Crippen molar-refractivity contribution >= 4 is 0 Å². The lowest BCUT2D eigenvalue weighted by Crippen LogP contribution is -2.49. The quantitative estimate of drug-likeness (QED) is 0.814. The van der Waals surface area contributed by atoms with Crippen LogP contribution in [0.25, 0.3) is 0 Å². The highest BCUT2D eigenvalue weighted by Crippen LogP contribution is 2.60. The molecule has 0 amide bonds. The molecule has 3 nitrogen and oxygen atoms in total. The molecular formula is C16H21N3. The topological polar surface area (TPSA) is 41.6 Å². The first kappa shape index (κ1) is 11.5. The average molecular weight is 255 g/mol. The fourth-order valence-corrected chi connectivity index (χ4v) is 5.56. The van der Waals surface area contributed by atoms with Crippen LogP contribution in [0, 0.1) is 29.1 Å². The predicted octanol–water partition coefficient (Wildman–Crippen LogP) is 3.24. The molecule has 19 heavy (non-hydrogen) atoms. The van der Waals surface area contributed by atoms with Crippen molar-refractivity contribution in [2.45, 2.75) is 57.4 Å². The zero-order chi connectivity index (χ0) is 13.0. The number of rotatable bonds is 2. The van der Waals surface area contributed by atoms with Gasteiger partial charge in [-0.2, -0.15) is 10.4 Å². The summed E-state index contributed by atoms with van der Waals surface area (Å²) in [5.74, 6) is 2.82. The van der Waals surface area contributed by atoms with Gasteiger partial charge in [-0.3, -0.25) is 4.68 Å². The summed E-state index contributed by atoms with van der Waals surface area (Å²) in [5, 5.41) is 13.6. The van der Waals surface area contributed by atoms with Gasteiger partial charge in [0.05, 0.1) is 0 Å². The Hall–Kier alpha value is -1.30. The van der Waals surface area contributed by atoms with Crippen LogP contribution in [0.1, 0.15) is 56.8 Å². The lowest BCUT2D eigenvalue weighted by atomic mass is 9.49. The molecule has 4 saturated carbocycles. The Kier molecular flexibility index (Phi) is 2.33. The van der Waals surface area contributed by atoms with Crippen LogP contribution in [0.2, 0.25) is 0 Å². The number of aromatic nitrogens is 2. The SMILES string of the molecule is CCn1nc(C#N)cc1C12CC3CC(CC(C3)C1)C2. The number of aryl methyl sites for hydroxylation is 1. The normalized spacial score (nSPS) is 39.5. The summed E-state index contributed by atoms with van der Waals surface area (Å²) >= 11 is 0. The van der Waals surface area contributed by atoms with Gasteiger partial charge in [-0.25, -0.2) is 0 Å². The van der Waals surface area contributed by atoms with Crippen LogP contribution in [0.3, 0.4) is 0 Å². The average Bonchev–Trinajstić information content (AvgIpc) is 2.81. The molecule has 100 valence electrons. The summed E-state index contributed by atoms with van der Waals surface area (Å²) in [6.45, 7) is 3.02. The number of hydrogen-bond acceptors (Lipinski definition) is 2. The molecule has 4 aliphatic carbocycles. The highest BCUT2D eigenvalue weighted by atomic mass is 15.3. The minimum absolute atomic E-state index is 0.354. The van der Waals surface area contributed by atoms with Crippen molar-refractivity contribution < 1.29 is 0 Å². The summed E-state index contributed by atoms with van der Waals surface area (Å²) in [6, 6.07) is 4.30. The van der Waals surface area contributed by atoms with Gasteiger partial charge in [-0.05, 0) is 69.3 Å². The van der Waals surface area contributed by atoms with Crippen molar-refractivity contribution in [3.05, 3.63) is 17.5 Å². The van der Waals surface area contributed by atoms with E-state index in [1.807, 2.05) is 0 Å². The summed E-state index contributed by atoms with van der Waals surface area (Å²) in [5.41, 5.74) is 2.32. The van der Waals surface area contributed by atoms with E-state index in [4.69, 9.17) is 5.26 Å². The van der Waals surface area contributed by atoms with Crippen LogP contribution in [0.4, 0.5) is 0 Å². The maximum atomic E-state index is 9.13. The van der Waals surface area contributed by atoms with Gasteiger partial charge in [0.1, 0.15) is 6.07 Å². The summed E-state index contributed by atoms with van der Waals surface area (Å²) < 4.78 is 2.10. The number of nitrogens with zero attached hydrogens (tertiary/aromatic N) is 3. The van der Waals surface area contributed by atoms with E-state index in [9.17, 15) is 0 Å². The van der Waals surface area contributed by atoms with Crippen molar-refractivity contribution in [2.75, 3.05) is 0 Å². The van der Waals surface area contributed by atoms with Crippen LogP contribution < -0.4 is 0 Å². The monoisotopic (exact) mass is 255 g/mol. The molecule has 0 unspecified atom stereocenters. The van der Waals surface area contributed by atoms with Gasteiger partial charge in [-0.1, -0.05) is 0 Å². The Morgan fingerprint density at radius 2 is 1.84 bits per heavy atom. The Morgan fingerprint density at radius 3 is 2.32 bits per heavy atom. The van der Waals surface area contributed by atoms with Crippen LogP contribution >= 0.6 is 0 Å². The molecule has 4 bridgehead atoms. The molecule has 3 heteroatoms. The van der Waals surface area contributed by atoms with E-state index in [1.165, 1.54) is 44.2 Å². The first-order chi connectivity index (χ1) is 9.22. The first-order valence-corrected chi connectivity index (χ1v) is 7.71. The van der Waals surface area contributed by atoms with Gasteiger partial charge in [-0.15, -0.1) is 0 Å². The Balaban J connectivity index is 1.79. The minimum atomic E-state index is 0.354. The standard InChI is InChI=1S/C16H21N3/c1-2-19-15(6-14(10-17)18-19)16-7-11-3-12(8-16)5-13(4-11)9-16/h6,11-13H,2-5,7-9H2,1H3. The molecule has 0 spiro atoms. The van der Waals surface area contributed by atoms with E-state index in [1.54, 1.807) is 0 Å². The molecule has 0 aliphatic heterocycles. The second-order valence-electron chi connectivity index (χ2n) is 7.04. The minimum Gasteiger partial charge on any atom is -0.268 e. The van der Waals surface area contributed by atoms with E-state index < -0.39 is 0 Å². The van der Waals surface area contributed by atoms with Crippen molar-refractivity contribution in [1.82, 2.24) is 9.78 Å². The van der Waals surface area contributed by atoms with Crippen LogP contribution in [-0.4, -0.2) is 9.78 Å². The fraction of sp³-hybridized carbons (Fsp3) is 0.750. The van der Waals surface area contributed by atoms with Gasteiger partial charge in [0.2, 0.25) is 0 Å². The van der Waals surface area contributed by atoms with E-state index in [0.717, 1.165) is 24.3 Å². The van der Waals surface area contributed by atoms with Gasteiger partial charge < -0.3 is 0 Å². The lowest BCUT2D eigenvalue weighted by molar-refractivity contribution is -0.00924. The van der Waals surface area contributed by atoms with Gasteiger partial charge >= 0.3 is 0 Å². The predicted molar refractivity (Wildman–Crippen MR) is 72.5 cm³/mol. The molecule has 0 aromatic carbocycles. The maximum absolute atomic E-state index is 9.13. The van der Waals surface area contributed by atoms with Crippen molar-refractivity contribution in [3.63, 3.8) is 0 Å². The smallest absolute Gasteiger partial charge is 0.162 e. The van der Waals surface area contributed by atoms with Crippen molar-refractivity contribution in [2.24, 2.45) is 17.8 Å². The number of hydrogen-bond donors (Lipinski definition) is 0. The fourth-order valence-electron chi connectivity index (χ4n) is 5.56. The van der Waals surface area contributed by atoms with E-state index >= 15 is 0 Å². The third-order valence-corrected chi connectivity index (χ3v) is 5.78.